The zero-order valence-electron chi connectivity index (χ0n) is 14.8. The monoisotopic (exact) mass is 390 g/mol. The van der Waals surface area contributed by atoms with Gasteiger partial charge in [0.1, 0.15) is 5.75 Å². The Morgan fingerprint density at radius 3 is 2.54 bits per heavy atom. The van der Waals surface area contributed by atoms with E-state index < -0.39 is 41.0 Å². The fraction of sp³-hybridized carbons (Fsp3) is 0.263. The summed E-state index contributed by atoms with van der Waals surface area (Å²) in [6, 6.07) is 11.8. The Hall–Kier alpha value is -3.49. The lowest BCUT2D eigenvalue weighted by Crippen LogP contribution is -2.39. The minimum atomic E-state index is -1.06. The first-order valence-electron chi connectivity index (χ1n) is 8.47. The van der Waals surface area contributed by atoms with Gasteiger partial charge in [-0.15, -0.1) is 0 Å². The third-order valence-electron chi connectivity index (χ3n) is 3.88. The molecule has 0 bridgehead atoms. The minimum absolute atomic E-state index is 0.0246. The van der Waals surface area contributed by atoms with Gasteiger partial charge >= 0.3 is 11.7 Å². The van der Waals surface area contributed by atoms with Crippen molar-refractivity contribution in [2.24, 2.45) is 0 Å². The number of carbonyl (C=O) groups is 2. The number of aliphatic carboxylic acids is 1. The Morgan fingerprint density at radius 1 is 1.21 bits per heavy atom. The minimum Gasteiger partial charge on any atom is -0.484 e. The standard InChI is InChI=1S/C19H19FN2O6/c20-16-11-15(7-8-17(16)22(26)27)28-12-18(23)21-14(6-9-19(24)25)10-13-4-2-1-3-5-13/h1-5,7-8,11,14H,6,9-10,12H2,(H,21,23)(H,24,25). The van der Waals surface area contributed by atoms with Crippen molar-refractivity contribution < 1.29 is 28.7 Å². The molecule has 148 valence electrons. The van der Waals surface area contributed by atoms with Crippen LogP contribution in [0.1, 0.15) is 18.4 Å². The Labute approximate surface area is 160 Å². The van der Waals surface area contributed by atoms with Crippen molar-refractivity contribution in [1.82, 2.24) is 5.32 Å². The average Bonchev–Trinajstić information content (AvgIpc) is 2.65. The summed E-state index contributed by atoms with van der Waals surface area (Å²) in [5.41, 5.74) is 0.255. The number of hydrogen-bond acceptors (Lipinski definition) is 5. The second-order valence-corrected chi connectivity index (χ2v) is 6.05. The third-order valence-corrected chi connectivity index (χ3v) is 3.88. The van der Waals surface area contributed by atoms with E-state index in [2.05, 4.69) is 5.32 Å². The smallest absolute Gasteiger partial charge is 0.305 e. The van der Waals surface area contributed by atoms with E-state index in [0.29, 0.717) is 6.42 Å². The quantitative estimate of drug-likeness (QED) is 0.476. The zero-order chi connectivity index (χ0) is 20.5. The molecule has 1 amide bonds. The van der Waals surface area contributed by atoms with Crippen LogP contribution in [0, 0.1) is 15.9 Å². The number of carboxylic acids is 1. The number of nitrogens with zero attached hydrogens (tertiary/aromatic N) is 1. The molecule has 0 aliphatic heterocycles. The Kier molecular flexibility index (Phi) is 7.44. The summed E-state index contributed by atoms with van der Waals surface area (Å²) in [5, 5.41) is 22.2. The molecule has 0 fully saturated rings. The molecule has 0 saturated carbocycles. The second kappa shape index (κ2) is 10.0. The Balaban J connectivity index is 1.93. The highest BCUT2D eigenvalue weighted by Crippen LogP contribution is 2.22. The second-order valence-electron chi connectivity index (χ2n) is 6.05. The number of benzene rings is 2. The lowest BCUT2D eigenvalue weighted by atomic mass is 10.0. The molecule has 2 aromatic carbocycles. The summed E-state index contributed by atoms with van der Waals surface area (Å²) in [7, 11) is 0. The van der Waals surface area contributed by atoms with Gasteiger partial charge in [-0.25, -0.2) is 0 Å². The molecule has 8 nitrogen and oxygen atoms in total. The lowest BCUT2D eigenvalue weighted by molar-refractivity contribution is -0.387. The van der Waals surface area contributed by atoms with Crippen molar-refractivity contribution in [2.45, 2.75) is 25.3 Å². The van der Waals surface area contributed by atoms with Crippen LogP contribution in [0.2, 0.25) is 0 Å². The van der Waals surface area contributed by atoms with Gasteiger partial charge < -0.3 is 15.2 Å². The van der Waals surface area contributed by atoms with Gasteiger partial charge in [-0.1, -0.05) is 30.3 Å². The third kappa shape index (κ3) is 6.67. The first-order chi connectivity index (χ1) is 13.3. The van der Waals surface area contributed by atoms with Crippen molar-refractivity contribution in [3.05, 3.63) is 70.0 Å². The zero-order valence-corrected chi connectivity index (χ0v) is 14.8. The summed E-state index contributed by atoms with van der Waals surface area (Å²) in [6.45, 7) is -0.435. The topological polar surface area (TPSA) is 119 Å². The molecular formula is C19H19FN2O6. The van der Waals surface area contributed by atoms with Gasteiger partial charge in [-0.3, -0.25) is 19.7 Å². The van der Waals surface area contributed by atoms with Gasteiger partial charge in [-0.05, 0) is 24.5 Å². The maximum Gasteiger partial charge on any atom is 0.305 e. The predicted molar refractivity (Wildman–Crippen MR) is 97.5 cm³/mol. The first kappa shape index (κ1) is 20.8. The predicted octanol–water partition coefficient (Wildman–Crippen LogP) is 2.71. The highest BCUT2D eigenvalue weighted by Gasteiger charge is 2.17. The first-order valence-corrected chi connectivity index (χ1v) is 8.47. The molecule has 0 aromatic heterocycles. The van der Waals surface area contributed by atoms with Crippen LogP contribution >= 0.6 is 0 Å². The number of nitro groups is 1. The van der Waals surface area contributed by atoms with Crippen molar-refractivity contribution >= 4 is 17.6 Å². The van der Waals surface area contributed by atoms with Crippen molar-refractivity contribution in [3.8, 4) is 5.75 Å². The maximum absolute atomic E-state index is 13.6. The van der Waals surface area contributed by atoms with Crippen LogP contribution in [0.25, 0.3) is 0 Å². The van der Waals surface area contributed by atoms with E-state index in [1.807, 2.05) is 30.3 Å². The molecule has 1 unspecified atom stereocenters. The molecule has 0 spiro atoms. The van der Waals surface area contributed by atoms with E-state index in [4.69, 9.17) is 9.84 Å². The number of halogens is 1. The molecule has 2 rings (SSSR count). The van der Waals surface area contributed by atoms with Gasteiger partial charge in [0.25, 0.3) is 5.91 Å². The summed E-state index contributed by atoms with van der Waals surface area (Å²) in [6.07, 6.45) is 0.584. The van der Waals surface area contributed by atoms with E-state index in [1.54, 1.807) is 0 Å². The van der Waals surface area contributed by atoms with E-state index in [9.17, 15) is 24.1 Å². The highest BCUT2D eigenvalue weighted by molar-refractivity contribution is 5.78. The number of ether oxygens (including phenoxy) is 1. The number of rotatable bonds is 10. The summed E-state index contributed by atoms with van der Waals surface area (Å²) in [5.74, 6) is -2.57. The molecule has 1 atom stereocenters. The van der Waals surface area contributed by atoms with Crippen LogP contribution in [0.5, 0.6) is 5.75 Å². The summed E-state index contributed by atoms with van der Waals surface area (Å²) >= 11 is 0. The maximum atomic E-state index is 13.6. The molecule has 0 aliphatic rings. The van der Waals surface area contributed by atoms with E-state index in [1.165, 1.54) is 6.07 Å². The van der Waals surface area contributed by atoms with Gasteiger partial charge in [0.05, 0.1) is 4.92 Å². The average molecular weight is 390 g/mol. The van der Waals surface area contributed by atoms with E-state index in [0.717, 1.165) is 17.7 Å². The fourth-order valence-electron chi connectivity index (χ4n) is 2.57. The lowest BCUT2D eigenvalue weighted by Gasteiger charge is -2.18. The Morgan fingerprint density at radius 2 is 1.93 bits per heavy atom. The fourth-order valence-corrected chi connectivity index (χ4v) is 2.57. The van der Waals surface area contributed by atoms with Gasteiger partial charge in [0, 0.05) is 24.6 Å². The van der Waals surface area contributed by atoms with E-state index >= 15 is 0 Å². The highest BCUT2D eigenvalue weighted by atomic mass is 19.1. The number of nitrogens with one attached hydrogen (secondary N) is 1. The van der Waals surface area contributed by atoms with Crippen LogP contribution in [-0.4, -0.2) is 34.6 Å². The number of hydrogen-bond donors (Lipinski definition) is 2. The van der Waals surface area contributed by atoms with Gasteiger partial charge in [-0.2, -0.15) is 4.39 Å². The van der Waals surface area contributed by atoms with Crippen LogP contribution in [-0.2, 0) is 16.0 Å². The van der Waals surface area contributed by atoms with Crippen molar-refractivity contribution in [1.29, 1.82) is 0 Å². The summed E-state index contributed by atoms with van der Waals surface area (Å²) in [4.78, 5) is 32.7. The molecular weight excluding hydrogens is 371 g/mol. The van der Waals surface area contributed by atoms with E-state index in [-0.39, 0.29) is 18.6 Å². The van der Waals surface area contributed by atoms with Crippen LogP contribution in [0.4, 0.5) is 10.1 Å². The van der Waals surface area contributed by atoms with Gasteiger partial charge in [0.2, 0.25) is 5.82 Å². The molecule has 2 N–H and O–H groups in total. The van der Waals surface area contributed by atoms with Crippen LogP contribution < -0.4 is 10.1 Å². The normalized spacial score (nSPS) is 11.5. The van der Waals surface area contributed by atoms with Gasteiger partial charge in [0.15, 0.2) is 6.61 Å². The molecule has 0 saturated heterocycles. The van der Waals surface area contributed by atoms with Crippen LogP contribution in [0.3, 0.4) is 0 Å². The number of nitro benzene ring substituents is 1. The molecule has 0 aliphatic carbocycles. The number of amides is 1. The number of carbonyl (C=O) groups excluding carboxylic acids is 1. The molecule has 9 heteroatoms. The largest absolute Gasteiger partial charge is 0.484 e. The van der Waals surface area contributed by atoms with Crippen molar-refractivity contribution in [3.63, 3.8) is 0 Å². The van der Waals surface area contributed by atoms with Crippen molar-refractivity contribution in [2.75, 3.05) is 6.61 Å². The molecule has 0 heterocycles. The SMILES string of the molecule is O=C(O)CCC(Cc1ccccc1)NC(=O)COc1ccc([N+](=O)[O-])c(F)c1. The summed E-state index contributed by atoms with van der Waals surface area (Å²) < 4.78 is 18.7. The molecule has 28 heavy (non-hydrogen) atoms. The number of carboxylic acid groups (broad SMARTS) is 1. The molecule has 0 radical (unpaired) electrons. The Bertz CT molecular complexity index is 844. The van der Waals surface area contributed by atoms with Crippen LogP contribution in [0.15, 0.2) is 48.5 Å². The molecule has 2 aromatic rings.